The van der Waals surface area contributed by atoms with Crippen LogP contribution in [0.5, 0.6) is 5.75 Å². The molecule has 0 unspecified atom stereocenters. The first-order valence-electron chi connectivity index (χ1n) is 6.29. The highest BCUT2D eigenvalue weighted by Crippen LogP contribution is 2.29. The molecule has 0 fully saturated rings. The summed E-state index contributed by atoms with van der Waals surface area (Å²) in [5, 5.41) is 13.5. The summed E-state index contributed by atoms with van der Waals surface area (Å²) in [4.78, 5) is 22.4. The standard InChI is InChI=1S/C13H19N3O4/c1-4-8(2)12(14)13(17)15-10-6-5-9(20-3)7-11(10)16(18)19/h5-8,12H,4,14H2,1-3H3,(H,15,17)/t8-,12-/m0/s1. The maximum atomic E-state index is 12.0. The van der Waals surface area contributed by atoms with E-state index in [9.17, 15) is 14.9 Å². The molecule has 0 saturated carbocycles. The van der Waals surface area contributed by atoms with Gasteiger partial charge < -0.3 is 15.8 Å². The Labute approximate surface area is 117 Å². The van der Waals surface area contributed by atoms with Crippen LogP contribution in [0.4, 0.5) is 11.4 Å². The molecule has 1 amide bonds. The quantitative estimate of drug-likeness (QED) is 0.611. The van der Waals surface area contributed by atoms with Gasteiger partial charge in [-0.25, -0.2) is 0 Å². The zero-order valence-corrected chi connectivity index (χ0v) is 11.8. The molecule has 0 radical (unpaired) electrons. The Morgan fingerprint density at radius 2 is 2.20 bits per heavy atom. The smallest absolute Gasteiger partial charge is 0.296 e. The lowest BCUT2D eigenvalue weighted by atomic mass is 9.99. The van der Waals surface area contributed by atoms with E-state index in [4.69, 9.17) is 10.5 Å². The number of nitro benzene ring substituents is 1. The molecule has 2 atom stereocenters. The van der Waals surface area contributed by atoms with Crippen LogP contribution in [-0.2, 0) is 4.79 Å². The average Bonchev–Trinajstić information content (AvgIpc) is 2.45. The molecule has 1 rings (SSSR count). The van der Waals surface area contributed by atoms with Crippen molar-refractivity contribution in [3.8, 4) is 5.75 Å². The fraction of sp³-hybridized carbons (Fsp3) is 0.462. The normalized spacial score (nSPS) is 13.4. The Bertz CT molecular complexity index is 504. The van der Waals surface area contributed by atoms with Crippen LogP contribution in [-0.4, -0.2) is 24.0 Å². The third-order valence-corrected chi connectivity index (χ3v) is 3.22. The molecule has 110 valence electrons. The number of nitro groups is 1. The summed E-state index contributed by atoms with van der Waals surface area (Å²) in [5.74, 6) is -0.0964. The number of amides is 1. The van der Waals surface area contributed by atoms with Crippen molar-refractivity contribution in [3.05, 3.63) is 28.3 Å². The van der Waals surface area contributed by atoms with Gasteiger partial charge in [0.1, 0.15) is 11.4 Å². The zero-order chi connectivity index (χ0) is 15.3. The van der Waals surface area contributed by atoms with Gasteiger partial charge in [0, 0.05) is 0 Å². The number of anilines is 1. The summed E-state index contributed by atoms with van der Waals surface area (Å²) < 4.78 is 4.93. The minimum atomic E-state index is -0.707. The van der Waals surface area contributed by atoms with Crippen molar-refractivity contribution in [1.29, 1.82) is 0 Å². The predicted octanol–water partition coefficient (Wildman–Crippen LogP) is 1.92. The van der Waals surface area contributed by atoms with Crippen LogP contribution in [0.1, 0.15) is 20.3 Å². The zero-order valence-electron chi connectivity index (χ0n) is 11.8. The van der Waals surface area contributed by atoms with Gasteiger partial charge in [-0.2, -0.15) is 0 Å². The van der Waals surface area contributed by atoms with E-state index in [-0.39, 0.29) is 17.3 Å². The molecule has 0 aliphatic carbocycles. The number of benzene rings is 1. The van der Waals surface area contributed by atoms with Crippen molar-refractivity contribution in [3.63, 3.8) is 0 Å². The molecule has 0 heterocycles. The molecular formula is C13H19N3O4. The van der Waals surface area contributed by atoms with Crippen LogP contribution in [0.25, 0.3) is 0 Å². The number of ether oxygens (including phenoxy) is 1. The number of hydrogen-bond donors (Lipinski definition) is 2. The van der Waals surface area contributed by atoms with Gasteiger partial charge in [0.05, 0.1) is 24.1 Å². The van der Waals surface area contributed by atoms with Crippen molar-refractivity contribution in [2.75, 3.05) is 12.4 Å². The fourth-order valence-corrected chi connectivity index (χ4v) is 1.62. The molecule has 1 aromatic rings. The second-order valence-corrected chi connectivity index (χ2v) is 4.54. The number of nitrogens with one attached hydrogen (secondary N) is 1. The molecule has 0 aliphatic heterocycles. The number of nitrogens with zero attached hydrogens (tertiary/aromatic N) is 1. The molecule has 20 heavy (non-hydrogen) atoms. The van der Waals surface area contributed by atoms with Gasteiger partial charge in [-0.1, -0.05) is 20.3 Å². The molecule has 0 bridgehead atoms. The van der Waals surface area contributed by atoms with Gasteiger partial charge in [0.25, 0.3) is 5.69 Å². The van der Waals surface area contributed by atoms with Gasteiger partial charge >= 0.3 is 0 Å². The monoisotopic (exact) mass is 281 g/mol. The van der Waals surface area contributed by atoms with E-state index in [0.717, 1.165) is 6.42 Å². The first kappa shape index (κ1) is 15.9. The van der Waals surface area contributed by atoms with Crippen LogP contribution in [0.15, 0.2) is 18.2 Å². The highest BCUT2D eigenvalue weighted by molar-refractivity contribution is 5.96. The van der Waals surface area contributed by atoms with E-state index in [1.165, 1.54) is 25.3 Å². The summed E-state index contributed by atoms with van der Waals surface area (Å²) in [5.41, 5.74) is 5.68. The fourth-order valence-electron chi connectivity index (χ4n) is 1.62. The lowest BCUT2D eigenvalue weighted by Gasteiger charge is -2.17. The number of carbonyl (C=O) groups is 1. The van der Waals surface area contributed by atoms with Crippen LogP contribution in [0, 0.1) is 16.0 Å². The van der Waals surface area contributed by atoms with Crippen molar-refractivity contribution >= 4 is 17.3 Å². The molecule has 1 aromatic carbocycles. The molecule has 0 spiro atoms. The molecule has 0 aromatic heterocycles. The molecule has 0 saturated heterocycles. The molecule has 7 heteroatoms. The average molecular weight is 281 g/mol. The summed E-state index contributed by atoms with van der Waals surface area (Å²) in [6.07, 6.45) is 0.749. The van der Waals surface area contributed by atoms with Crippen LogP contribution < -0.4 is 15.8 Å². The topological polar surface area (TPSA) is 107 Å². The van der Waals surface area contributed by atoms with Crippen LogP contribution in [0.3, 0.4) is 0 Å². The highest BCUT2D eigenvalue weighted by atomic mass is 16.6. The van der Waals surface area contributed by atoms with E-state index in [1.807, 2.05) is 13.8 Å². The van der Waals surface area contributed by atoms with E-state index < -0.39 is 16.9 Å². The Balaban J connectivity index is 2.97. The highest BCUT2D eigenvalue weighted by Gasteiger charge is 2.23. The van der Waals surface area contributed by atoms with Crippen molar-refractivity contribution < 1.29 is 14.5 Å². The second kappa shape index (κ2) is 6.85. The van der Waals surface area contributed by atoms with Gasteiger partial charge in [-0.05, 0) is 18.1 Å². The summed E-state index contributed by atoms with van der Waals surface area (Å²) in [6.45, 7) is 3.78. The lowest BCUT2D eigenvalue weighted by molar-refractivity contribution is -0.384. The predicted molar refractivity (Wildman–Crippen MR) is 75.7 cm³/mol. The van der Waals surface area contributed by atoms with E-state index >= 15 is 0 Å². The maximum absolute atomic E-state index is 12.0. The Hall–Kier alpha value is -2.15. The van der Waals surface area contributed by atoms with E-state index in [1.54, 1.807) is 0 Å². The maximum Gasteiger partial charge on any atom is 0.296 e. The van der Waals surface area contributed by atoms with Gasteiger partial charge in [0.15, 0.2) is 0 Å². The summed E-state index contributed by atoms with van der Waals surface area (Å²) >= 11 is 0. The largest absolute Gasteiger partial charge is 0.496 e. The SMILES string of the molecule is CC[C@H](C)[C@H](N)C(=O)Nc1ccc(OC)cc1[N+](=O)[O-]. The second-order valence-electron chi connectivity index (χ2n) is 4.54. The first-order chi connectivity index (χ1) is 9.40. The van der Waals surface area contributed by atoms with E-state index in [2.05, 4.69) is 5.32 Å². The summed E-state index contributed by atoms with van der Waals surface area (Å²) in [6, 6.07) is 3.52. The van der Waals surface area contributed by atoms with Gasteiger partial charge in [-0.3, -0.25) is 14.9 Å². The molecule has 3 N–H and O–H groups in total. The Morgan fingerprint density at radius 1 is 1.55 bits per heavy atom. The van der Waals surface area contributed by atoms with Crippen LogP contribution >= 0.6 is 0 Å². The lowest BCUT2D eigenvalue weighted by Crippen LogP contribution is -2.40. The Morgan fingerprint density at radius 3 is 2.70 bits per heavy atom. The van der Waals surface area contributed by atoms with Gasteiger partial charge in [0.2, 0.25) is 5.91 Å². The molecule has 7 nitrogen and oxygen atoms in total. The van der Waals surface area contributed by atoms with Crippen LogP contribution in [0.2, 0.25) is 0 Å². The van der Waals surface area contributed by atoms with Crippen molar-refractivity contribution in [1.82, 2.24) is 0 Å². The Kier molecular flexibility index (Phi) is 5.45. The van der Waals surface area contributed by atoms with Crippen molar-refractivity contribution in [2.45, 2.75) is 26.3 Å². The van der Waals surface area contributed by atoms with Crippen molar-refractivity contribution in [2.24, 2.45) is 11.7 Å². The summed E-state index contributed by atoms with van der Waals surface area (Å²) in [7, 11) is 1.41. The minimum Gasteiger partial charge on any atom is -0.496 e. The third kappa shape index (κ3) is 3.67. The van der Waals surface area contributed by atoms with E-state index in [0.29, 0.717) is 5.75 Å². The van der Waals surface area contributed by atoms with Gasteiger partial charge in [-0.15, -0.1) is 0 Å². The number of methoxy groups -OCH3 is 1. The number of hydrogen-bond acceptors (Lipinski definition) is 5. The number of carbonyl (C=O) groups excluding carboxylic acids is 1. The molecule has 0 aliphatic rings. The first-order valence-corrected chi connectivity index (χ1v) is 6.29. The molecular weight excluding hydrogens is 262 g/mol. The number of nitrogens with two attached hydrogens (primary N) is 1. The third-order valence-electron chi connectivity index (χ3n) is 3.22. The number of rotatable bonds is 6. The minimum absolute atomic E-state index is 0.00713.